The molecule has 3 rings (SSSR count). The van der Waals surface area contributed by atoms with Crippen molar-refractivity contribution in [2.75, 3.05) is 5.73 Å². The quantitative estimate of drug-likeness (QED) is 0.695. The van der Waals surface area contributed by atoms with Crippen LogP contribution >= 0.6 is 0 Å². The van der Waals surface area contributed by atoms with Crippen LogP contribution in [0.3, 0.4) is 0 Å². The van der Waals surface area contributed by atoms with Gasteiger partial charge in [0, 0.05) is 11.9 Å². The van der Waals surface area contributed by atoms with Crippen LogP contribution in [0.4, 0.5) is 5.69 Å². The number of rotatable bonds is 3. The molecule has 5 nitrogen and oxygen atoms in total. The van der Waals surface area contributed by atoms with Crippen molar-refractivity contribution in [1.29, 1.82) is 0 Å². The fourth-order valence-electron chi connectivity index (χ4n) is 2.64. The maximum absolute atomic E-state index is 12.1. The van der Waals surface area contributed by atoms with E-state index in [4.69, 9.17) is 10.5 Å². The average molecular weight is 285 g/mol. The van der Waals surface area contributed by atoms with E-state index in [0.29, 0.717) is 11.4 Å². The van der Waals surface area contributed by atoms with Crippen molar-refractivity contribution in [3.05, 3.63) is 42.2 Å². The molecule has 1 aromatic carbocycles. The number of nitrogens with zero attached hydrogens (tertiary/aromatic N) is 2. The molecule has 0 atom stereocenters. The lowest BCUT2D eigenvalue weighted by molar-refractivity contribution is 0.0204. The van der Waals surface area contributed by atoms with Gasteiger partial charge in [0.1, 0.15) is 6.10 Å². The summed E-state index contributed by atoms with van der Waals surface area (Å²) < 4.78 is 7.14. The summed E-state index contributed by atoms with van der Waals surface area (Å²) in [6.45, 7) is 0. The molecule has 5 heteroatoms. The van der Waals surface area contributed by atoms with Crippen molar-refractivity contribution in [1.82, 2.24) is 9.78 Å². The van der Waals surface area contributed by atoms with Gasteiger partial charge in [0.05, 0.1) is 5.69 Å². The number of carbonyl (C=O) groups excluding carboxylic acids is 1. The molecule has 0 unspecified atom stereocenters. The molecule has 0 saturated heterocycles. The summed E-state index contributed by atoms with van der Waals surface area (Å²) >= 11 is 0. The minimum Gasteiger partial charge on any atom is -0.458 e. The zero-order chi connectivity index (χ0) is 14.7. The number of aromatic nitrogens is 2. The number of nitrogen functional groups attached to an aromatic ring is 1. The van der Waals surface area contributed by atoms with Gasteiger partial charge in [-0.05, 0) is 49.9 Å². The molecule has 2 aromatic rings. The van der Waals surface area contributed by atoms with Crippen LogP contribution in [0.15, 0.2) is 36.5 Å². The van der Waals surface area contributed by atoms with Crippen molar-refractivity contribution in [2.45, 2.75) is 38.2 Å². The number of benzene rings is 1. The molecule has 21 heavy (non-hydrogen) atoms. The molecule has 0 bridgehead atoms. The van der Waals surface area contributed by atoms with Crippen molar-refractivity contribution in [2.24, 2.45) is 0 Å². The van der Waals surface area contributed by atoms with Crippen molar-refractivity contribution < 1.29 is 9.53 Å². The minimum atomic E-state index is -0.343. The molecular weight excluding hydrogens is 266 g/mol. The Balaban J connectivity index is 1.70. The summed E-state index contributed by atoms with van der Waals surface area (Å²) in [7, 11) is 0. The molecule has 1 aromatic heterocycles. The fraction of sp³-hybridized carbons (Fsp3) is 0.375. The summed E-state index contributed by atoms with van der Waals surface area (Å²) in [6, 6.07) is 9.04. The SMILES string of the molecule is Nc1cccc(-n2ccc(C(=O)OC3CCCCC3)n2)c1. The normalized spacial score (nSPS) is 15.8. The minimum absolute atomic E-state index is 0.0452. The zero-order valence-corrected chi connectivity index (χ0v) is 11.9. The van der Waals surface area contributed by atoms with Gasteiger partial charge in [-0.15, -0.1) is 0 Å². The highest BCUT2D eigenvalue weighted by molar-refractivity contribution is 5.87. The first kappa shape index (κ1) is 13.7. The number of nitrogens with two attached hydrogens (primary N) is 1. The molecule has 1 aliphatic rings. The first-order chi connectivity index (χ1) is 10.2. The highest BCUT2D eigenvalue weighted by atomic mass is 16.5. The molecule has 2 N–H and O–H groups in total. The van der Waals surface area contributed by atoms with E-state index in [2.05, 4.69) is 5.10 Å². The summed E-state index contributed by atoms with van der Waals surface area (Å²) in [6.07, 6.45) is 7.21. The number of hydrogen-bond donors (Lipinski definition) is 1. The molecule has 1 fully saturated rings. The van der Waals surface area contributed by atoms with E-state index in [-0.39, 0.29) is 12.1 Å². The Labute approximate surface area is 123 Å². The van der Waals surface area contributed by atoms with Gasteiger partial charge in [0.25, 0.3) is 0 Å². The van der Waals surface area contributed by atoms with Gasteiger partial charge in [0.2, 0.25) is 0 Å². The van der Waals surface area contributed by atoms with Crippen LogP contribution in [0.25, 0.3) is 5.69 Å². The van der Waals surface area contributed by atoms with Gasteiger partial charge in [0.15, 0.2) is 5.69 Å². The monoisotopic (exact) mass is 285 g/mol. The van der Waals surface area contributed by atoms with Crippen molar-refractivity contribution >= 4 is 11.7 Å². The Kier molecular flexibility index (Phi) is 3.90. The van der Waals surface area contributed by atoms with Crippen LogP contribution in [0.5, 0.6) is 0 Å². The van der Waals surface area contributed by atoms with Gasteiger partial charge in [-0.1, -0.05) is 12.5 Å². The first-order valence-corrected chi connectivity index (χ1v) is 7.35. The first-order valence-electron chi connectivity index (χ1n) is 7.35. The van der Waals surface area contributed by atoms with Gasteiger partial charge < -0.3 is 10.5 Å². The second-order valence-corrected chi connectivity index (χ2v) is 5.41. The van der Waals surface area contributed by atoms with Crippen LogP contribution in [0, 0.1) is 0 Å². The molecule has 1 aliphatic carbocycles. The van der Waals surface area contributed by atoms with Crippen molar-refractivity contribution in [3.8, 4) is 5.69 Å². The van der Waals surface area contributed by atoms with E-state index < -0.39 is 0 Å². The van der Waals surface area contributed by atoms with E-state index in [1.54, 1.807) is 16.9 Å². The Hall–Kier alpha value is -2.30. The Morgan fingerprint density at radius 3 is 2.81 bits per heavy atom. The van der Waals surface area contributed by atoms with Crippen LogP contribution in [0.1, 0.15) is 42.6 Å². The fourth-order valence-corrected chi connectivity index (χ4v) is 2.64. The second kappa shape index (κ2) is 5.99. The number of ether oxygens (including phenoxy) is 1. The maximum atomic E-state index is 12.1. The lowest BCUT2D eigenvalue weighted by Crippen LogP contribution is -2.21. The van der Waals surface area contributed by atoms with Crippen molar-refractivity contribution in [3.63, 3.8) is 0 Å². The number of carbonyl (C=O) groups is 1. The standard InChI is InChI=1S/C16H19N3O2/c17-12-5-4-6-13(11-12)19-10-9-15(18-19)16(20)21-14-7-2-1-3-8-14/h4-6,9-11,14H,1-3,7-8,17H2. The van der Waals surface area contributed by atoms with Crippen LogP contribution in [0.2, 0.25) is 0 Å². The molecule has 0 spiro atoms. The van der Waals surface area contributed by atoms with Gasteiger partial charge in [-0.25, -0.2) is 9.48 Å². The number of hydrogen-bond acceptors (Lipinski definition) is 4. The predicted molar refractivity (Wildman–Crippen MR) is 80.3 cm³/mol. The van der Waals surface area contributed by atoms with E-state index in [1.807, 2.05) is 24.3 Å². The summed E-state index contributed by atoms with van der Waals surface area (Å²) in [5, 5.41) is 4.27. The van der Waals surface area contributed by atoms with Crippen LogP contribution in [-0.4, -0.2) is 21.9 Å². The van der Waals surface area contributed by atoms with E-state index in [0.717, 1.165) is 31.4 Å². The van der Waals surface area contributed by atoms with Gasteiger partial charge in [-0.2, -0.15) is 5.10 Å². The molecule has 0 amide bonds. The summed E-state index contributed by atoms with van der Waals surface area (Å²) in [5.74, 6) is -0.343. The Morgan fingerprint density at radius 1 is 1.24 bits per heavy atom. The Bertz CT molecular complexity index is 630. The van der Waals surface area contributed by atoms with E-state index in [1.165, 1.54) is 6.42 Å². The average Bonchev–Trinajstić information content (AvgIpc) is 2.98. The topological polar surface area (TPSA) is 70.1 Å². The van der Waals surface area contributed by atoms with Gasteiger partial charge in [-0.3, -0.25) is 0 Å². The molecule has 1 heterocycles. The molecule has 0 aliphatic heterocycles. The lowest BCUT2D eigenvalue weighted by Gasteiger charge is -2.21. The van der Waals surface area contributed by atoms with Crippen LogP contribution in [-0.2, 0) is 4.74 Å². The van der Waals surface area contributed by atoms with E-state index >= 15 is 0 Å². The second-order valence-electron chi connectivity index (χ2n) is 5.41. The molecule has 110 valence electrons. The third kappa shape index (κ3) is 3.24. The predicted octanol–water partition coefficient (Wildman–Crippen LogP) is 2.94. The molecule has 0 radical (unpaired) electrons. The highest BCUT2D eigenvalue weighted by Crippen LogP contribution is 2.21. The molecule has 1 saturated carbocycles. The largest absolute Gasteiger partial charge is 0.458 e. The van der Waals surface area contributed by atoms with Crippen LogP contribution < -0.4 is 5.73 Å². The lowest BCUT2D eigenvalue weighted by atomic mass is 9.98. The smallest absolute Gasteiger partial charge is 0.359 e. The third-order valence-corrected chi connectivity index (χ3v) is 3.76. The summed E-state index contributed by atoms with van der Waals surface area (Å²) in [5.41, 5.74) is 7.58. The number of esters is 1. The van der Waals surface area contributed by atoms with Gasteiger partial charge >= 0.3 is 5.97 Å². The van der Waals surface area contributed by atoms with E-state index in [9.17, 15) is 4.79 Å². The summed E-state index contributed by atoms with van der Waals surface area (Å²) in [4.78, 5) is 12.1. The molecular formula is C16H19N3O2. The third-order valence-electron chi connectivity index (χ3n) is 3.76. The highest BCUT2D eigenvalue weighted by Gasteiger charge is 2.20. The zero-order valence-electron chi connectivity index (χ0n) is 11.9. The maximum Gasteiger partial charge on any atom is 0.359 e. The Morgan fingerprint density at radius 2 is 2.05 bits per heavy atom. The number of anilines is 1.